The summed E-state index contributed by atoms with van der Waals surface area (Å²) in [6.45, 7) is 3.38. The Labute approximate surface area is 211 Å². The molecule has 5 rings (SSSR count). The maximum Gasteiger partial charge on any atom is 0.356 e. The lowest BCUT2D eigenvalue weighted by Gasteiger charge is -2.32. The third-order valence-electron chi connectivity index (χ3n) is 6.27. The van der Waals surface area contributed by atoms with E-state index in [-0.39, 0.29) is 0 Å². The lowest BCUT2D eigenvalue weighted by atomic mass is 9.94. The van der Waals surface area contributed by atoms with E-state index >= 15 is 0 Å². The van der Waals surface area contributed by atoms with Crippen molar-refractivity contribution in [3.05, 3.63) is 87.9 Å². The van der Waals surface area contributed by atoms with Gasteiger partial charge in [0.05, 0.1) is 21.9 Å². The smallest absolute Gasteiger partial charge is 0.356 e. The molecule has 1 atom stereocenters. The summed E-state index contributed by atoms with van der Waals surface area (Å²) in [4.78, 5) is 27.5. The maximum atomic E-state index is 11.6. The van der Waals surface area contributed by atoms with E-state index in [1.165, 1.54) is 0 Å². The van der Waals surface area contributed by atoms with E-state index in [1.807, 2.05) is 35.0 Å². The third-order valence-corrected chi connectivity index (χ3v) is 6.83. The van der Waals surface area contributed by atoms with Crippen LogP contribution in [0.2, 0.25) is 0 Å². The summed E-state index contributed by atoms with van der Waals surface area (Å²) in [6, 6.07) is 13.5. The zero-order valence-corrected chi connectivity index (χ0v) is 20.7. The summed E-state index contributed by atoms with van der Waals surface area (Å²) >= 11 is 3.60. The molecule has 0 aliphatic carbocycles. The molecular weight excluding hydrogens is 510 g/mol. The van der Waals surface area contributed by atoms with Gasteiger partial charge in [0.25, 0.3) is 0 Å². The monoisotopic (exact) mass is 535 g/mol. The molecule has 9 nitrogen and oxygen atoms in total. The van der Waals surface area contributed by atoms with Crippen LogP contribution >= 0.6 is 15.9 Å². The third kappa shape index (κ3) is 5.34. The summed E-state index contributed by atoms with van der Waals surface area (Å²) in [6.07, 6.45) is 7.57. The molecule has 35 heavy (non-hydrogen) atoms. The van der Waals surface area contributed by atoms with Crippen LogP contribution in [0.1, 0.15) is 45.9 Å². The normalized spacial score (nSPS) is 16.3. The van der Waals surface area contributed by atoms with Crippen LogP contribution in [0.4, 0.5) is 5.82 Å². The molecule has 4 heterocycles. The van der Waals surface area contributed by atoms with Crippen LogP contribution in [0.15, 0.2) is 65.5 Å². The summed E-state index contributed by atoms with van der Waals surface area (Å²) in [5, 5.41) is 8.00. The van der Waals surface area contributed by atoms with Gasteiger partial charge >= 0.3 is 5.97 Å². The molecule has 1 aliphatic rings. The standard InChI is InChI=1S/C25H26BrN7O2/c26-21-14-30-33-23(29-13-18-3-1-9-28-12-18)11-22(31-24(21)33)20-4-2-10-32(16-20)15-17-5-7-19(8-6-17)25(34)35-27/h1,3,5-9,11-12,14,20,29H,2,4,10,13,15-16,27H2. The molecule has 1 fully saturated rings. The van der Waals surface area contributed by atoms with Gasteiger partial charge in [0.2, 0.25) is 0 Å². The van der Waals surface area contributed by atoms with Crippen LogP contribution in [-0.4, -0.2) is 43.5 Å². The highest BCUT2D eigenvalue weighted by Gasteiger charge is 2.24. The Hall–Kier alpha value is -3.34. The van der Waals surface area contributed by atoms with Crippen molar-refractivity contribution in [2.24, 2.45) is 5.90 Å². The predicted octanol–water partition coefficient (Wildman–Crippen LogP) is 3.91. The fourth-order valence-corrected chi connectivity index (χ4v) is 4.85. The SMILES string of the molecule is NOC(=O)c1ccc(CN2CCCC(c3cc(NCc4cccnc4)n4ncc(Br)c4n3)C2)cc1. The van der Waals surface area contributed by atoms with Crippen molar-refractivity contribution in [3.63, 3.8) is 0 Å². The van der Waals surface area contributed by atoms with E-state index in [9.17, 15) is 4.79 Å². The Morgan fingerprint density at radius 1 is 1.20 bits per heavy atom. The number of likely N-dealkylation sites (tertiary alicyclic amines) is 1. The summed E-state index contributed by atoms with van der Waals surface area (Å²) in [7, 11) is 0. The second-order valence-electron chi connectivity index (χ2n) is 8.69. The van der Waals surface area contributed by atoms with E-state index in [1.54, 1.807) is 24.5 Å². The van der Waals surface area contributed by atoms with E-state index in [0.29, 0.717) is 18.0 Å². The molecule has 0 bridgehead atoms. The average molecular weight is 536 g/mol. The minimum absolute atomic E-state index is 0.306. The topological polar surface area (TPSA) is 111 Å². The van der Waals surface area contributed by atoms with Crippen molar-refractivity contribution in [3.8, 4) is 0 Å². The second-order valence-corrected chi connectivity index (χ2v) is 9.54. The molecule has 0 radical (unpaired) electrons. The molecule has 1 aliphatic heterocycles. The Kier molecular flexibility index (Phi) is 7.03. The largest absolute Gasteiger partial charge is 0.370 e. The number of nitrogens with zero attached hydrogens (tertiary/aromatic N) is 5. The van der Waals surface area contributed by atoms with Crippen molar-refractivity contribution < 1.29 is 9.63 Å². The number of pyridine rings is 1. The van der Waals surface area contributed by atoms with Crippen LogP contribution in [0.3, 0.4) is 0 Å². The molecule has 3 N–H and O–H groups in total. The van der Waals surface area contributed by atoms with Crippen molar-refractivity contribution in [2.75, 3.05) is 18.4 Å². The number of piperidine rings is 1. The molecule has 0 amide bonds. The van der Waals surface area contributed by atoms with Gasteiger partial charge in [-0.25, -0.2) is 9.78 Å². The number of fused-ring (bicyclic) bond motifs is 1. The van der Waals surface area contributed by atoms with Gasteiger partial charge in [-0.3, -0.25) is 9.88 Å². The fourth-order valence-electron chi connectivity index (χ4n) is 4.50. The zero-order chi connectivity index (χ0) is 24.2. The summed E-state index contributed by atoms with van der Waals surface area (Å²) < 4.78 is 2.70. The Balaban J connectivity index is 1.33. The molecule has 4 aromatic rings. The number of carbonyl (C=O) groups is 1. The first-order valence-electron chi connectivity index (χ1n) is 11.5. The van der Waals surface area contributed by atoms with Crippen LogP contribution in [0.5, 0.6) is 0 Å². The van der Waals surface area contributed by atoms with Gasteiger partial charge in [0, 0.05) is 44.0 Å². The van der Waals surface area contributed by atoms with Crippen LogP contribution in [-0.2, 0) is 17.9 Å². The van der Waals surface area contributed by atoms with E-state index < -0.39 is 5.97 Å². The minimum atomic E-state index is -0.532. The number of anilines is 1. The van der Waals surface area contributed by atoms with Crippen molar-refractivity contribution in [2.45, 2.75) is 31.8 Å². The molecule has 10 heteroatoms. The molecule has 1 saturated heterocycles. The van der Waals surface area contributed by atoms with Crippen molar-refractivity contribution >= 4 is 33.4 Å². The van der Waals surface area contributed by atoms with E-state index in [4.69, 9.17) is 10.9 Å². The summed E-state index contributed by atoms with van der Waals surface area (Å²) in [5.41, 5.74) is 4.54. The Morgan fingerprint density at radius 2 is 2.06 bits per heavy atom. The Bertz CT molecular complexity index is 1310. The molecule has 0 saturated carbocycles. The average Bonchev–Trinajstić information content (AvgIpc) is 3.28. The maximum absolute atomic E-state index is 11.6. The zero-order valence-electron chi connectivity index (χ0n) is 19.1. The quantitative estimate of drug-likeness (QED) is 0.342. The summed E-state index contributed by atoms with van der Waals surface area (Å²) in [5.74, 6) is 5.65. The molecule has 3 aromatic heterocycles. The number of carbonyl (C=O) groups excluding carboxylic acids is 1. The molecule has 1 unspecified atom stereocenters. The van der Waals surface area contributed by atoms with Crippen LogP contribution in [0, 0.1) is 0 Å². The lowest BCUT2D eigenvalue weighted by molar-refractivity contribution is 0.0503. The van der Waals surface area contributed by atoms with Gasteiger partial charge in [-0.1, -0.05) is 18.2 Å². The van der Waals surface area contributed by atoms with Gasteiger partial charge in [-0.2, -0.15) is 15.5 Å². The van der Waals surface area contributed by atoms with Gasteiger partial charge in [-0.05, 0) is 64.6 Å². The number of nitrogens with two attached hydrogens (primary N) is 1. The van der Waals surface area contributed by atoms with Crippen molar-refractivity contribution in [1.82, 2.24) is 24.5 Å². The second kappa shape index (κ2) is 10.5. The molecule has 1 aromatic carbocycles. The number of aromatic nitrogens is 4. The molecular formula is C25H26BrN7O2. The van der Waals surface area contributed by atoms with Gasteiger partial charge < -0.3 is 10.2 Å². The van der Waals surface area contributed by atoms with Crippen LogP contribution in [0.25, 0.3) is 5.65 Å². The van der Waals surface area contributed by atoms with Gasteiger partial charge in [0.1, 0.15) is 5.82 Å². The molecule has 0 spiro atoms. The first-order valence-corrected chi connectivity index (χ1v) is 12.3. The number of benzene rings is 1. The predicted molar refractivity (Wildman–Crippen MR) is 136 cm³/mol. The van der Waals surface area contributed by atoms with Crippen LogP contribution < -0.4 is 11.2 Å². The number of rotatable bonds is 7. The highest BCUT2D eigenvalue weighted by molar-refractivity contribution is 9.10. The number of nitrogens with one attached hydrogen (secondary N) is 1. The van der Waals surface area contributed by atoms with E-state index in [0.717, 1.165) is 65.2 Å². The number of hydrogen-bond acceptors (Lipinski definition) is 8. The molecule has 180 valence electrons. The van der Waals surface area contributed by atoms with Gasteiger partial charge in [-0.15, -0.1) is 0 Å². The van der Waals surface area contributed by atoms with Crippen molar-refractivity contribution in [1.29, 1.82) is 0 Å². The highest BCUT2D eigenvalue weighted by atomic mass is 79.9. The minimum Gasteiger partial charge on any atom is -0.370 e. The number of hydrogen-bond donors (Lipinski definition) is 2. The lowest BCUT2D eigenvalue weighted by Crippen LogP contribution is -2.34. The van der Waals surface area contributed by atoms with Gasteiger partial charge in [0.15, 0.2) is 5.65 Å². The number of halogens is 1. The highest BCUT2D eigenvalue weighted by Crippen LogP contribution is 2.30. The first-order chi connectivity index (χ1) is 17.1. The first kappa shape index (κ1) is 23.4. The van der Waals surface area contributed by atoms with E-state index in [2.05, 4.69) is 47.1 Å². The Morgan fingerprint density at radius 3 is 2.83 bits per heavy atom. The fraction of sp³-hybridized carbons (Fsp3) is 0.280.